The Kier molecular flexibility index (Phi) is 4.48. The van der Waals surface area contributed by atoms with Crippen LogP contribution in [0.3, 0.4) is 0 Å². The Morgan fingerprint density at radius 1 is 1.17 bits per heavy atom. The van der Waals surface area contributed by atoms with Crippen molar-refractivity contribution >= 4 is 11.8 Å². The van der Waals surface area contributed by atoms with Crippen molar-refractivity contribution in [3.8, 4) is 5.75 Å². The fourth-order valence-corrected chi connectivity index (χ4v) is 2.71. The third kappa shape index (κ3) is 3.23. The highest BCUT2D eigenvalue weighted by Crippen LogP contribution is 2.23. The van der Waals surface area contributed by atoms with Crippen molar-refractivity contribution in [1.82, 2.24) is 16.2 Å². The molecule has 3 N–H and O–H groups in total. The summed E-state index contributed by atoms with van der Waals surface area (Å²) in [6.45, 7) is 1.92. The van der Waals surface area contributed by atoms with E-state index in [2.05, 4.69) is 16.2 Å². The highest BCUT2D eigenvalue weighted by Gasteiger charge is 2.36. The van der Waals surface area contributed by atoms with Crippen LogP contribution in [0.4, 0.5) is 0 Å². The van der Waals surface area contributed by atoms with Crippen LogP contribution in [0.1, 0.15) is 27.5 Å². The van der Waals surface area contributed by atoms with Crippen LogP contribution in [0.25, 0.3) is 0 Å². The van der Waals surface area contributed by atoms with Crippen molar-refractivity contribution in [2.75, 3.05) is 7.11 Å². The fraction of sp³-hybridized carbons (Fsp3) is 0.222. The second-order valence-corrected chi connectivity index (χ2v) is 5.71. The fourth-order valence-electron chi connectivity index (χ4n) is 2.71. The monoisotopic (exact) mass is 325 g/mol. The lowest BCUT2D eigenvalue weighted by Gasteiger charge is -2.18. The Balaban J connectivity index is 1.79. The summed E-state index contributed by atoms with van der Waals surface area (Å²) < 4.78 is 5.14. The zero-order valence-corrected chi connectivity index (χ0v) is 13.5. The number of benzene rings is 2. The quantitative estimate of drug-likeness (QED) is 0.795. The van der Waals surface area contributed by atoms with E-state index in [1.807, 2.05) is 43.3 Å². The first-order valence-electron chi connectivity index (χ1n) is 7.65. The third-order valence-electron chi connectivity index (χ3n) is 4.01. The zero-order valence-electron chi connectivity index (χ0n) is 13.5. The van der Waals surface area contributed by atoms with Crippen LogP contribution in [0.15, 0.2) is 48.5 Å². The zero-order chi connectivity index (χ0) is 17.1. The molecule has 2 unspecified atom stereocenters. The van der Waals surface area contributed by atoms with Gasteiger partial charge in [-0.2, -0.15) is 0 Å². The lowest BCUT2D eigenvalue weighted by atomic mass is 10.00. The molecule has 2 aromatic rings. The molecular weight excluding hydrogens is 306 g/mol. The number of hydrogen-bond acceptors (Lipinski definition) is 4. The molecule has 0 radical (unpaired) electrons. The van der Waals surface area contributed by atoms with E-state index in [0.717, 1.165) is 16.9 Å². The van der Waals surface area contributed by atoms with Crippen LogP contribution in [0.2, 0.25) is 0 Å². The van der Waals surface area contributed by atoms with Crippen LogP contribution in [-0.4, -0.2) is 25.0 Å². The molecule has 6 heteroatoms. The van der Waals surface area contributed by atoms with E-state index in [-0.39, 0.29) is 17.9 Å². The predicted octanol–water partition coefficient (Wildman–Crippen LogP) is 1.48. The second-order valence-electron chi connectivity index (χ2n) is 5.71. The van der Waals surface area contributed by atoms with Gasteiger partial charge in [-0.1, -0.05) is 29.8 Å². The van der Waals surface area contributed by atoms with E-state index < -0.39 is 6.04 Å². The van der Waals surface area contributed by atoms with Crippen LogP contribution < -0.4 is 20.9 Å². The molecule has 1 aliphatic heterocycles. The van der Waals surface area contributed by atoms with Gasteiger partial charge in [-0.25, -0.2) is 5.43 Å². The van der Waals surface area contributed by atoms with Gasteiger partial charge >= 0.3 is 0 Å². The highest BCUT2D eigenvalue weighted by molar-refractivity contribution is 5.98. The molecular formula is C18H19N3O3. The number of aryl methyl sites for hydroxylation is 1. The van der Waals surface area contributed by atoms with Crippen LogP contribution >= 0.6 is 0 Å². The molecule has 2 aromatic carbocycles. The molecule has 0 bridgehead atoms. The average molecular weight is 325 g/mol. The minimum absolute atomic E-state index is 0.267. The van der Waals surface area contributed by atoms with E-state index in [0.29, 0.717) is 5.56 Å². The summed E-state index contributed by atoms with van der Waals surface area (Å²) >= 11 is 0. The minimum Gasteiger partial charge on any atom is -0.497 e. The molecule has 0 saturated carbocycles. The second kappa shape index (κ2) is 6.72. The van der Waals surface area contributed by atoms with Gasteiger partial charge in [-0.05, 0) is 36.8 Å². The third-order valence-corrected chi connectivity index (χ3v) is 4.01. The smallest absolute Gasteiger partial charge is 0.258 e. The van der Waals surface area contributed by atoms with Gasteiger partial charge < -0.3 is 10.1 Å². The van der Waals surface area contributed by atoms with Crippen LogP contribution in [0, 0.1) is 6.92 Å². The number of rotatable bonds is 4. The highest BCUT2D eigenvalue weighted by atomic mass is 16.5. The standard InChI is InChI=1S/C18H19N3O3/c1-11-4-3-5-13(10-11)17(22)19-16-15(20-21-18(16)23)12-6-8-14(24-2)9-7-12/h3-10,15-16,20H,1-2H3,(H,19,22)(H,21,23). The summed E-state index contributed by atoms with van der Waals surface area (Å²) in [4.78, 5) is 24.5. The molecule has 0 spiro atoms. The number of methoxy groups -OCH3 is 1. The van der Waals surface area contributed by atoms with E-state index in [1.165, 1.54) is 0 Å². The molecule has 2 atom stereocenters. The predicted molar refractivity (Wildman–Crippen MR) is 89.4 cm³/mol. The Morgan fingerprint density at radius 2 is 1.92 bits per heavy atom. The van der Waals surface area contributed by atoms with Gasteiger partial charge in [-0.3, -0.25) is 15.0 Å². The van der Waals surface area contributed by atoms with Gasteiger partial charge in [0.1, 0.15) is 11.8 Å². The molecule has 0 aliphatic carbocycles. The maximum atomic E-state index is 12.4. The van der Waals surface area contributed by atoms with Crippen molar-refractivity contribution in [3.63, 3.8) is 0 Å². The van der Waals surface area contributed by atoms with Gasteiger partial charge in [0.15, 0.2) is 0 Å². The Labute approximate surface area is 140 Å². The molecule has 1 saturated heterocycles. The van der Waals surface area contributed by atoms with E-state index >= 15 is 0 Å². The molecule has 24 heavy (non-hydrogen) atoms. The maximum Gasteiger partial charge on any atom is 0.258 e. The van der Waals surface area contributed by atoms with Crippen molar-refractivity contribution in [3.05, 3.63) is 65.2 Å². The number of hydrazine groups is 1. The first-order chi connectivity index (χ1) is 11.6. The molecule has 124 valence electrons. The van der Waals surface area contributed by atoms with E-state index in [9.17, 15) is 9.59 Å². The summed E-state index contributed by atoms with van der Waals surface area (Å²) in [7, 11) is 1.60. The van der Waals surface area contributed by atoms with Gasteiger partial charge in [0.2, 0.25) is 0 Å². The number of carbonyl (C=O) groups excluding carboxylic acids is 2. The number of hydrogen-bond donors (Lipinski definition) is 3. The molecule has 1 heterocycles. The largest absolute Gasteiger partial charge is 0.497 e. The molecule has 3 rings (SSSR count). The number of carbonyl (C=O) groups is 2. The lowest BCUT2D eigenvalue weighted by Crippen LogP contribution is -2.42. The van der Waals surface area contributed by atoms with E-state index in [4.69, 9.17) is 4.74 Å². The van der Waals surface area contributed by atoms with E-state index in [1.54, 1.807) is 19.2 Å². The first-order valence-corrected chi connectivity index (χ1v) is 7.65. The average Bonchev–Trinajstić information content (AvgIpc) is 2.96. The maximum absolute atomic E-state index is 12.4. The number of nitrogens with one attached hydrogen (secondary N) is 3. The lowest BCUT2D eigenvalue weighted by molar-refractivity contribution is -0.121. The van der Waals surface area contributed by atoms with Crippen molar-refractivity contribution in [2.24, 2.45) is 0 Å². The van der Waals surface area contributed by atoms with Gasteiger partial charge in [0, 0.05) is 5.56 Å². The topological polar surface area (TPSA) is 79.5 Å². The Morgan fingerprint density at radius 3 is 2.58 bits per heavy atom. The molecule has 1 fully saturated rings. The molecule has 1 aliphatic rings. The summed E-state index contributed by atoms with van der Waals surface area (Å²) in [6.07, 6.45) is 0. The Hall–Kier alpha value is -2.86. The van der Waals surface area contributed by atoms with Gasteiger partial charge in [0.25, 0.3) is 11.8 Å². The van der Waals surface area contributed by atoms with Gasteiger partial charge in [0.05, 0.1) is 13.2 Å². The first kappa shape index (κ1) is 16.0. The number of amides is 2. The Bertz CT molecular complexity index is 758. The number of ether oxygens (including phenoxy) is 1. The van der Waals surface area contributed by atoms with Crippen LogP contribution in [0.5, 0.6) is 5.75 Å². The molecule has 0 aromatic heterocycles. The normalized spacial score (nSPS) is 19.7. The minimum atomic E-state index is -0.689. The van der Waals surface area contributed by atoms with Crippen molar-refractivity contribution in [2.45, 2.75) is 19.0 Å². The van der Waals surface area contributed by atoms with Gasteiger partial charge in [-0.15, -0.1) is 0 Å². The van der Waals surface area contributed by atoms with Crippen LogP contribution in [-0.2, 0) is 4.79 Å². The summed E-state index contributed by atoms with van der Waals surface area (Å²) in [6, 6.07) is 13.6. The molecule has 2 amide bonds. The van der Waals surface area contributed by atoms with Crippen molar-refractivity contribution in [1.29, 1.82) is 0 Å². The molecule has 6 nitrogen and oxygen atoms in total. The summed E-state index contributed by atoms with van der Waals surface area (Å²) in [5.41, 5.74) is 7.90. The summed E-state index contributed by atoms with van der Waals surface area (Å²) in [5.74, 6) is 0.189. The summed E-state index contributed by atoms with van der Waals surface area (Å²) in [5, 5.41) is 2.80. The SMILES string of the molecule is COc1ccc(C2NNC(=O)C2NC(=O)c2cccc(C)c2)cc1. The van der Waals surface area contributed by atoms with Crippen molar-refractivity contribution < 1.29 is 14.3 Å².